The SMILES string of the molecule is O=C(CN1C(=O)S/C(=C\c2cccs2)C1=O)N1CCN(Cc2c(F)cccc2Cl)CC1. The lowest BCUT2D eigenvalue weighted by atomic mass is 10.2. The average Bonchev–Trinajstić information content (AvgIpc) is 3.35. The molecule has 31 heavy (non-hydrogen) atoms. The van der Waals surface area contributed by atoms with Crippen LogP contribution in [0.1, 0.15) is 10.4 Å². The Hall–Kier alpha value is -2.20. The summed E-state index contributed by atoms with van der Waals surface area (Å²) in [6.07, 6.45) is 1.67. The second kappa shape index (κ2) is 9.52. The van der Waals surface area contributed by atoms with Gasteiger partial charge in [-0.2, -0.15) is 0 Å². The van der Waals surface area contributed by atoms with Crippen LogP contribution in [0.4, 0.5) is 9.18 Å². The van der Waals surface area contributed by atoms with Crippen LogP contribution < -0.4 is 0 Å². The lowest BCUT2D eigenvalue weighted by molar-refractivity contribution is -0.137. The smallest absolute Gasteiger partial charge is 0.294 e. The fourth-order valence-electron chi connectivity index (χ4n) is 3.44. The quantitative estimate of drug-likeness (QED) is 0.608. The molecule has 0 unspecified atom stereocenters. The first-order valence-corrected chi connectivity index (χ1v) is 11.7. The predicted octanol–water partition coefficient (Wildman–Crippen LogP) is 3.92. The van der Waals surface area contributed by atoms with Crippen molar-refractivity contribution in [1.82, 2.24) is 14.7 Å². The minimum absolute atomic E-state index is 0.272. The fraction of sp³-hybridized carbons (Fsp3) is 0.286. The number of hydrogen-bond donors (Lipinski definition) is 0. The van der Waals surface area contributed by atoms with Gasteiger partial charge < -0.3 is 4.90 Å². The number of thioether (sulfide) groups is 1. The normalized spacial score (nSPS) is 19.0. The largest absolute Gasteiger partial charge is 0.339 e. The van der Waals surface area contributed by atoms with E-state index in [0.29, 0.717) is 48.2 Å². The molecule has 2 saturated heterocycles. The lowest BCUT2D eigenvalue weighted by Gasteiger charge is -2.35. The molecule has 0 radical (unpaired) electrons. The van der Waals surface area contributed by atoms with Crippen molar-refractivity contribution in [2.45, 2.75) is 6.54 Å². The van der Waals surface area contributed by atoms with Gasteiger partial charge in [0.1, 0.15) is 12.4 Å². The number of rotatable bonds is 5. The summed E-state index contributed by atoms with van der Waals surface area (Å²) < 4.78 is 14.0. The Labute approximate surface area is 192 Å². The van der Waals surface area contributed by atoms with Gasteiger partial charge in [-0.3, -0.25) is 24.2 Å². The third kappa shape index (κ3) is 5.01. The molecule has 0 aliphatic carbocycles. The van der Waals surface area contributed by atoms with Crippen molar-refractivity contribution < 1.29 is 18.8 Å². The van der Waals surface area contributed by atoms with E-state index in [-0.39, 0.29) is 18.3 Å². The van der Waals surface area contributed by atoms with Crippen molar-refractivity contribution in [1.29, 1.82) is 0 Å². The van der Waals surface area contributed by atoms with Crippen molar-refractivity contribution in [3.63, 3.8) is 0 Å². The van der Waals surface area contributed by atoms with Crippen molar-refractivity contribution in [2.24, 2.45) is 0 Å². The number of hydrogen-bond acceptors (Lipinski definition) is 6. The second-order valence-electron chi connectivity index (χ2n) is 7.14. The van der Waals surface area contributed by atoms with Gasteiger partial charge in [0.05, 0.1) is 4.91 Å². The van der Waals surface area contributed by atoms with Gasteiger partial charge in [-0.1, -0.05) is 23.7 Å². The van der Waals surface area contributed by atoms with E-state index in [1.54, 1.807) is 23.1 Å². The lowest BCUT2D eigenvalue weighted by Crippen LogP contribution is -2.51. The topological polar surface area (TPSA) is 60.9 Å². The Morgan fingerprint density at radius 1 is 1.13 bits per heavy atom. The standard InChI is InChI=1S/C21H19ClFN3O3S2/c22-16-4-1-5-17(23)15(16)12-24-6-8-25(9-7-24)19(27)13-26-20(28)18(31-21(26)29)11-14-3-2-10-30-14/h1-5,10-11H,6-9,12-13H2/b18-11-. The maximum Gasteiger partial charge on any atom is 0.294 e. The summed E-state index contributed by atoms with van der Waals surface area (Å²) in [6.45, 7) is 2.07. The van der Waals surface area contributed by atoms with Gasteiger partial charge in [0.15, 0.2) is 0 Å². The van der Waals surface area contributed by atoms with Crippen LogP contribution in [-0.2, 0) is 16.1 Å². The summed E-state index contributed by atoms with van der Waals surface area (Å²) in [7, 11) is 0. The van der Waals surface area contributed by atoms with E-state index >= 15 is 0 Å². The Morgan fingerprint density at radius 3 is 2.58 bits per heavy atom. The van der Waals surface area contributed by atoms with Crippen molar-refractivity contribution >= 4 is 57.8 Å². The van der Waals surface area contributed by atoms with Gasteiger partial charge in [-0.05, 0) is 41.4 Å². The van der Waals surface area contributed by atoms with E-state index in [9.17, 15) is 18.8 Å². The summed E-state index contributed by atoms with van der Waals surface area (Å²) in [4.78, 5) is 43.4. The number of halogens is 2. The van der Waals surface area contributed by atoms with Crippen LogP contribution in [0, 0.1) is 5.82 Å². The number of benzene rings is 1. The Balaban J connectivity index is 1.32. The van der Waals surface area contributed by atoms with Crippen molar-refractivity contribution in [2.75, 3.05) is 32.7 Å². The minimum atomic E-state index is -0.440. The van der Waals surface area contributed by atoms with Crippen LogP contribution in [0.5, 0.6) is 0 Å². The highest BCUT2D eigenvalue weighted by atomic mass is 35.5. The number of nitrogens with zero attached hydrogens (tertiary/aromatic N) is 3. The third-order valence-corrected chi connectivity index (χ3v) is 7.23. The molecule has 2 fully saturated rings. The predicted molar refractivity (Wildman–Crippen MR) is 120 cm³/mol. The van der Waals surface area contributed by atoms with E-state index in [2.05, 4.69) is 0 Å². The van der Waals surface area contributed by atoms with Crippen LogP contribution >= 0.6 is 34.7 Å². The number of piperazine rings is 1. The molecule has 162 valence electrons. The van der Waals surface area contributed by atoms with E-state index in [0.717, 1.165) is 21.5 Å². The first-order valence-electron chi connectivity index (χ1n) is 9.64. The summed E-state index contributed by atoms with van der Waals surface area (Å²) in [6, 6.07) is 8.33. The highest BCUT2D eigenvalue weighted by Gasteiger charge is 2.37. The monoisotopic (exact) mass is 479 g/mol. The van der Waals surface area contributed by atoms with Crippen molar-refractivity contribution in [3.8, 4) is 0 Å². The number of carbonyl (C=O) groups is 3. The number of carbonyl (C=O) groups excluding carboxylic acids is 3. The summed E-state index contributed by atoms with van der Waals surface area (Å²) in [5, 5.41) is 1.83. The first kappa shape index (κ1) is 22.0. The van der Waals surface area contributed by atoms with Crippen LogP contribution in [0.15, 0.2) is 40.6 Å². The first-order chi connectivity index (χ1) is 14.9. The van der Waals surface area contributed by atoms with Gasteiger partial charge in [0.25, 0.3) is 11.1 Å². The Kier molecular flexibility index (Phi) is 6.76. The van der Waals surface area contributed by atoms with Gasteiger partial charge in [-0.15, -0.1) is 11.3 Å². The second-order valence-corrected chi connectivity index (χ2v) is 9.52. The molecule has 0 bridgehead atoms. The maximum absolute atomic E-state index is 14.0. The zero-order chi connectivity index (χ0) is 22.0. The number of amides is 3. The molecule has 6 nitrogen and oxygen atoms in total. The highest BCUT2D eigenvalue weighted by Crippen LogP contribution is 2.33. The summed E-state index contributed by atoms with van der Waals surface area (Å²) in [5.74, 6) is -1.06. The molecule has 1 aromatic carbocycles. The summed E-state index contributed by atoms with van der Waals surface area (Å²) >= 11 is 8.42. The Bertz CT molecular complexity index is 1020. The molecule has 0 N–H and O–H groups in total. The zero-order valence-electron chi connectivity index (χ0n) is 16.4. The minimum Gasteiger partial charge on any atom is -0.339 e. The van der Waals surface area contributed by atoms with Crippen LogP contribution in [0.25, 0.3) is 6.08 Å². The van der Waals surface area contributed by atoms with E-state index in [1.807, 2.05) is 22.4 Å². The average molecular weight is 480 g/mol. The molecule has 0 saturated carbocycles. The molecule has 1 aromatic heterocycles. The van der Waals surface area contributed by atoms with Crippen LogP contribution in [0.3, 0.4) is 0 Å². The van der Waals surface area contributed by atoms with E-state index in [1.165, 1.54) is 17.4 Å². The molecule has 3 heterocycles. The molecule has 2 aliphatic rings. The third-order valence-electron chi connectivity index (χ3n) is 5.15. The number of thiophene rings is 1. The van der Waals surface area contributed by atoms with Gasteiger partial charge in [-0.25, -0.2) is 4.39 Å². The maximum atomic E-state index is 14.0. The van der Waals surface area contributed by atoms with Gasteiger partial charge >= 0.3 is 0 Å². The molecule has 0 spiro atoms. The molecule has 2 aromatic rings. The zero-order valence-corrected chi connectivity index (χ0v) is 18.8. The highest BCUT2D eigenvalue weighted by molar-refractivity contribution is 8.18. The molecule has 10 heteroatoms. The van der Waals surface area contributed by atoms with E-state index in [4.69, 9.17) is 11.6 Å². The molecular weight excluding hydrogens is 461 g/mol. The number of imide groups is 1. The summed E-state index contributed by atoms with van der Waals surface area (Å²) in [5.41, 5.74) is 0.444. The molecule has 4 rings (SSSR count). The van der Waals surface area contributed by atoms with Gasteiger partial charge in [0, 0.05) is 48.2 Å². The van der Waals surface area contributed by atoms with Crippen molar-refractivity contribution in [3.05, 3.63) is 61.9 Å². The molecular formula is C21H19ClFN3O3S2. The molecule has 2 aliphatic heterocycles. The van der Waals surface area contributed by atoms with Crippen LogP contribution in [0.2, 0.25) is 5.02 Å². The fourth-order valence-corrected chi connectivity index (χ4v) is 5.22. The van der Waals surface area contributed by atoms with Crippen LogP contribution in [-0.4, -0.2) is 64.5 Å². The molecule has 3 amide bonds. The van der Waals surface area contributed by atoms with Gasteiger partial charge in [0.2, 0.25) is 5.91 Å². The molecule has 0 atom stereocenters. The van der Waals surface area contributed by atoms with E-state index < -0.39 is 11.1 Å². The Morgan fingerprint density at radius 2 is 1.90 bits per heavy atom.